The van der Waals surface area contributed by atoms with E-state index in [1.165, 1.54) is 12.1 Å². The van der Waals surface area contributed by atoms with Crippen LogP contribution in [0.3, 0.4) is 0 Å². The number of nitrogens with zero attached hydrogens (tertiary/aromatic N) is 2. The number of hydrogen-bond donors (Lipinski definition) is 0. The zero-order chi connectivity index (χ0) is 16.4. The van der Waals surface area contributed by atoms with Crippen LogP contribution < -0.4 is 0 Å². The molecule has 3 atom stereocenters. The summed E-state index contributed by atoms with van der Waals surface area (Å²) in [5.74, 6) is -0.414. The Bertz CT molecular complexity index is 794. The first-order valence-electron chi connectivity index (χ1n) is 7.33. The summed E-state index contributed by atoms with van der Waals surface area (Å²) in [5, 5.41) is 0.230. The fourth-order valence-electron chi connectivity index (χ4n) is 3.87. The number of amides is 1. The average Bonchev–Trinajstić information content (AvgIpc) is 3.00. The summed E-state index contributed by atoms with van der Waals surface area (Å²) in [6.45, 7) is 2.03. The topological polar surface area (TPSA) is 33.2 Å². The predicted molar refractivity (Wildman–Crippen MR) is 88.9 cm³/mol. The summed E-state index contributed by atoms with van der Waals surface area (Å²) in [5.41, 5.74) is 1.26. The van der Waals surface area contributed by atoms with E-state index < -0.39 is 0 Å². The summed E-state index contributed by atoms with van der Waals surface area (Å²) in [7, 11) is 0. The molecule has 2 fully saturated rings. The second kappa shape index (κ2) is 5.16. The van der Waals surface area contributed by atoms with Crippen molar-refractivity contribution in [3.05, 3.63) is 50.7 Å². The maximum atomic E-state index is 13.2. The van der Waals surface area contributed by atoms with E-state index in [-0.39, 0.29) is 39.9 Å². The van der Waals surface area contributed by atoms with Gasteiger partial charge >= 0.3 is 0 Å². The Labute approximate surface area is 147 Å². The van der Waals surface area contributed by atoms with Crippen LogP contribution in [-0.4, -0.2) is 27.3 Å². The Morgan fingerprint density at radius 2 is 2.04 bits per heavy atom. The maximum absolute atomic E-state index is 13.2. The molecule has 0 radical (unpaired) electrons. The van der Waals surface area contributed by atoms with Crippen LogP contribution in [0, 0.1) is 5.82 Å². The number of hydrogen-bond acceptors (Lipinski definition) is 3. The van der Waals surface area contributed by atoms with Gasteiger partial charge in [0.1, 0.15) is 15.2 Å². The van der Waals surface area contributed by atoms with Gasteiger partial charge in [-0.15, -0.1) is 0 Å². The van der Waals surface area contributed by atoms with Gasteiger partial charge in [-0.3, -0.25) is 4.79 Å². The van der Waals surface area contributed by atoms with Crippen molar-refractivity contribution < 1.29 is 9.18 Å². The molecule has 1 aromatic heterocycles. The molecule has 3 nitrogen and oxygen atoms in total. The second-order valence-corrected chi connectivity index (χ2v) is 8.02. The largest absolute Gasteiger partial charge is 0.331 e. The van der Waals surface area contributed by atoms with Crippen LogP contribution in [0.25, 0.3) is 0 Å². The lowest BCUT2D eigenvalue weighted by Gasteiger charge is -2.23. The normalized spacial score (nSPS) is 28.8. The highest BCUT2D eigenvalue weighted by atomic mass is 35.5. The molecule has 0 unspecified atom stereocenters. The Balaban J connectivity index is 1.64. The molecule has 1 aliphatic heterocycles. The number of benzene rings is 1. The Morgan fingerprint density at radius 1 is 1.35 bits per heavy atom. The molecule has 1 saturated heterocycles. The van der Waals surface area contributed by atoms with E-state index in [2.05, 4.69) is 4.37 Å². The number of carbonyl (C=O) groups excluding carboxylic acids is 1. The molecule has 1 amide bonds. The number of carbonyl (C=O) groups is 1. The third-order valence-corrected chi connectivity index (χ3v) is 6.57. The fourth-order valence-corrected chi connectivity index (χ4v) is 4.86. The van der Waals surface area contributed by atoms with Crippen molar-refractivity contribution in [1.29, 1.82) is 0 Å². The van der Waals surface area contributed by atoms with Crippen LogP contribution in [0.5, 0.6) is 0 Å². The van der Waals surface area contributed by atoms with E-state index in [1.54, 1.807) is 0 Å². The quantitative estimate of drug-likeness (QED) is 0.777. The van der Waals surface area contributed by atoms with E-state index in [0.29, 0.717) is 4.34 Å². The molecule has 4 rings (SSSR count). The van der Waals surface area contributed by atoms with Crippen molar-refractivity contribution >= 4 is 40.6 Å². The minimum atomic E-state index is -0.245. The molecule has 0 N–H and O–H groups in total. The second-order valence-electron chi connectivity index (χ2n) is 6.27. The van der Waals surface area contributed by atoms with Gasteiger partial charge in [0.25, 0.3) is 5.91 Å². The zero-order valence-corrected chi connectivity index (χ0v) is 14.6. The summed E-state index contributed by atoms with van der Waals surface area (Å²) in [6, 6.07) is 6.80. The van der Waals surface area contributed by atoms with Gasteiger partial charge in [-0.1, -0.05) is 35.3 Å². The Hall–Kier alpha value is -1.17. The van der Waals surface area contributed by atoms with Crippen LogP contribution in [0.4, 0.5) is 4.39 Å². The zero-order valence-electron chi connectivity index (χ0n) is 12.2. The van der Waals surface area contributed by atoms with E-state index in [0.717, 1.165) is 29.9 Å². The molecule has 120 valence electrons. The summed E-state index contributed by atoms with van der Waals surface area (Å²) >= 11 is 13.0. The number of fused-ring (bicyclic) bond motifs is 1. The van der Waals surface area contributed by atoms with Crippen molar-refractivity contribution in [2.75, 3.05) is 0 Å². The van der Waals surface area contributed by atoms with Gasteiger partial charge in [0.05, 0.1) is 0 Å². The molecule has 2 aliphatic rings. The van der Waals surface area contributed by atoms with Crippen LogP contribution >= 0.6 is 34.7 Å². The van der Waals surface area contributed by atoms with Crippen molar-refractivity contribution in [3.8, 4) is 0 Å². The van der Waals surface area contributed by atoms with E-state index >= 15 is 0 Å². The predicted octanol–water partition coefficient (Wildman–Crippen LogP) is 4.53. The highest BCUT2D eigenvalue weighted by Gasteiger charge is 2.65. The number of piperidine rings is 1. The molecule has 23 heavy (non-hydrogen) atoms. The van der Waals surface area contributed by atoms with E-state index in [1.807, 2.05) is 24.0 Å². The standard InChI is InChI=1S/C16H13Cl2FN2OS/c1-8-6-16(9-2-4-10(19)5-3-9)7-11(16)21(8)15(22)13-12(17)14(18)23-20-13/h2-5,8,11H,6-7H2,1H3/t8-,11+,16-/m1/s1. The third kappa shape index (κ3) is 2.21. The maximum Gasteiger partial charge on any atom is 0.275 e. The van der Waals surface area contributed by atoms with Crippen molar-refractivity contribution in [2.24, 2.45) is 0 Å². The van der Waals surface area contributed by atoms with E-state index in [4.69, 9.17) is 23.2 Å². The lowest BCUT2D eigenvalue weighted by atomic mass is 9.91. The first-order chi connectivity index (χ1) is 10.9. The number of halogens is 3. The molecule has 1 aliphatic carbocycles. The monoisotopic (exact) mass is 370 g/mol. The smallest absolute Gasteiger partial charge is 0.275 e. The van der Waals surface area contributed by atoms with Crippen LogP contribution in [0.1, 0.15) is 35.8 Å². The molecule has 1 aromatic carbocycles. The molecule has 1 saturated carbocycles. The molecule has 2 heterocycles. The summed E-state index contributed by atoms with van der Waals surface area (Å²) in [6.07, 6.45) is 1.76. The van der Waals surface area contributed by atoms with Crippen molar-refractivity contribution in [2.45, 2.75) is 37.3 Å². The lowest BCUT2D eigenvalue weighted by Crippen LogP contribution is -2.37. The van der Waals surface area contributed by atoms with Gasteiger partial charge in [0.2, 0.25) is 0 Å². The molecule has 7 heteroatoms. The first-order valence-corrected chi connectivity index (χ1v) is 8.86. The molecule has 2 aromatic rings. The van der Waals surface area contributed by atoms with E-state index in [9.17, 15) is 9.18 Å². The van der Waals surface area contributed by atoms with Gasteiger partial charge in [0.15, 0.2) is 5.69 Å². The number of likely N-dealkylation sites (tertiary alicyclic amines) is 1. The number of rotatable bonds is 2. The van der Waals surface area contributed by atoms with Crippen molar-refractivity contribution in [3.63, 3.8) is 0 Å². The molecular formula is C16H13Cl2FN2OS. The fraction of sp³-hybridized carbons (Fsp3) is 0.375. The van der Waals surface area contributed by atoms with Crippen LogP contribution in [-0.2, 0) is 5.41 Å². The minimum Gasteiger partial charge on any atom is -0.331 e. The highest BCUT2D eigenvalue weighted by Crippen LogP contribution is 2.61. The van der Waals surface area contributed by atoms with Crippen LogP contribution in [0.2, 0.25) is 9.36 Å². The van der Waals surface area contributed by atoms with Crippen molar-refractivity contribution in [1.82, 2.24) is 9.27 Å². The Kier molecular flexibility index (Phi) is 3.45. The van der Waals surface area contributed by atoms with Gasteiger partial charge in [-0.25, -0.2) is 4.39 Å². The first kappa shape index (κ1) is 15.4. The van der Waals surface area contributed by atoms with Crippen LogP contribution in [0.15, 0.2) is 24.3 Å². The summed E-state index contributed by atoms with van der Waals surface area (Å²) in [4.78, 5) is 14.7. The third-order valence-electron chi connectivity index (χ3n) is 4.96. The van der Waals surface area contributed by atoms with Gasteiger partial charge in [-0.05, 0) is 49.0 Å². The average molecular weight is 371 g/mol. The summed E-state index contributed by atoms with van der Waals surface area (Å²) < 4.78 is 17.6. The SMILES string of the molecule is C[C@@H]1C[C@]2(c3ccc(F)cc3)C[C@@H]2N1C(=O)c1nsc(Cl)c1Cl. The number of aromatic nitrogens is 1. The lowest BCUT2D eigenvalue weighted by molar-refractivity contribution is 0.0709. The van der Waals surface area contributed by atoms with Gasteiger partial charge < -0.3 is 4.90 Å². The minimum absolute atomic E-state index is 0.0604. The van der Waals surface area contributed by atoms with Gasteiger partial charge in [0, 0.05) is 17.5 Å². The molecule has 0 spiro atoms. The highest BCUT2D eigenvalue weighted by molar-refractivity contribution is 7.11. The molecule has 0 bridgehead atoms. The molecular weight excluding hydrogens is 358 g/mol. The Morgan fingerprint density at radius 3 is 2.65 bits per heavy atom. The van der Waals surface area contributed by atoms with Gasteiger partial charge in [-0.2, -0.15) is 4.37 Å².